The highest BCUT2D eigenvalue weighted by atomic mass is 35.5. The zero-order valence-electron chi connectivity index (χ0n) is 27.5. The molecule has 2 rings (SSSR count). The molecule has 44 heavy (non-hydrogen) atoms. The molecule has 8 N–H and O–H groups in total. The molecule has 0 aromatic heterocycles. The van der Waals surface area contributed by atoms with Crippen molar-refractivity contribution in [3.63, 3.8) is 0 Å². The maximum atomic E-state index is 13.2. The van der Waals surface area contributed by atoms with E-state index in [4.69, 9.17) is 31.4 Å². The minimum atomic E-state index is -1.20. The minimum Gasteiger partial charge on any atom is -0.389 e. The van der Waals surface area contributed by atoms with E-state index in [9.17, 15) is 15.0 Å². The number of likely N-dealkylation sites (N-methyl/N-ethyl adjacent to an activating group) is 1. The third-order valence-electron chi connectivity index (χ3n) is 9.06. The van der Waals surface area contributed by atoms with E-state index in [0.717, 1.165) is 19.3 Å². The second kappa shape index (κ2) is 25.1. The van der Waals surface area contributed by atoms with Crippen molar-refractivity contribution in [1.82, 2.24) is 4.90 Å². The second-order valence-corrected chi connectivity index (χ2v) is 12.5. The van der Waals surface area contributed by atoms with Crippen LogP contribution >= 0.6 is 37.2 Å². The van der Waals surface area contributed by atoms with Crippen LogP contribution < -0.4 is 17.2 Å². The third kappa shape index (κ3) is 14.4. The van der Waals surface area contributed by atoms with E-state index in [1.807, 2.05) is 6.92 Å². The zero-order chi connectivity index (χ0) is 30.4. The molecule has 1 aliphatic heterocycles. The van der Waals surface area contributed by atoms with Crippen molar-refractivity contribution < 1.29 is 29.2 Å². The number of nitrogens with zero attached hydrogens (tertiary/aromatic N) is 1. The standard InChI is InChI=1S/C31H62N4O6.3ClH/c1-5-6-7-8-9-10-11-12-13-14-15-16-17-18-24(36)35(3)26-28(38)29(25(34)27(37)30(26)39-4)41-31-22(33)19-20-23(40-31)21(2)32;;;/h21-23,25-31,37-38H,5-20,32-34H2,1-4H3;3*1H/t21-,22+,23-,25-,26-,27+,28+,29+,30+,31+;;;/m0.../s1. The fourth-order valence-electron chi connectivity index (χ4n) is 6.28. The summed E-state index contributed by atoms with van der Waals surface area (Å²) in [4.78, 5) is 14.6. The number of unbranched alkanes of at least 4 members (excludes halogenated alkanes) is 12. The van der Waals surface area contributed by atoms with E-state index in [1.54, 1.807) is 7.05 Å². The third-order valence-corrected chi connectivity index (χ3v) is 9.06. The first-order valence-corrected chi connectivity index (χ1v) is 16.4. The van der Waals surface area contributed by atoms with Crippen LogP contribution in [0.4, 0.5) is 0 Å². The summed E-state index contributed by atoms with van der Waals surface area (Å²) in [6, 6.07) is -2.42. The highest BCUT2D eigenvalue weighted by Gasteiger charge is 2.53. The highest BCUT2D eigenvalue weighted by Crippen LogP contribution is 2.31. The van der Waals surface area contributed by atoms with Gasteiger partial charge in [0.25, 0.3) is 0 Å². The molecule has 1 amide bonds. The van der Waals surface area contributed by atoms with Crippen LogP contribution in [0.25, 0.3) is 0 Å². The molecule has 10 nitrogen and oxygen atoms in total. The molecule has 0 aromatic rings. The van der Waals surface area contributed by atoms with E-state index in [2.05, 4.69) is 6.92 Å². The van der Waals surface area contributed by atoms with Crippen LogP contribution in [0.2, 0.25) is 0 Å². The predicted molar refractivity (Wildman–Crippen MR) is 184 cm³/mol. The van der Waals surface area contributed by atoms with Gasteiger partial charge in [-0.1, -0.05) is 84.0 Å². The summed E-state index contributed by atoms with van der Waals surface area (Å²) in [6.07, 6.45) is 12.5. The summed E-state index contributed by atoms with van der Waals surface area (Å²) in [6.45, 7) is 4.11. The van der Waals surface area contributed by atoms with Crippen molar-refractivity contribution in [2.45, 2.75) is 178 Å². The molecule has 266 valence electrons. The summed E-state index contributed by atoms with van der Waals surface area (Å²) in [7, 11) is 3.08. The van der Waals surface area contributed by atoms with Crippen molar-refractivity contribution in [3.05, 3.63) is 0 Å². The molecule has 1 aliphatic carbocycles. The van der Waals surface area contributed by atoms with E-state index < -0.39 is 48.8 Å². The lowest BCUT2D eigenvalue weighted by atomic mass is 9.80. The van der Waals surface area contributed by atoms with Gasteiger partial charge in [-0.2, -0.15) is 0 Å². The van der Waals surface area contributed by atoms with Gasteiger partial charge in [-0.15, -0.1) is 37.2 Å². The van der Waals surface area contributed by atoms with E-state index in [-0.39, 0.29) is 55.3 Å². The van der Waals surface area contributed by atoms with Gasteiger partial charge in [0.2, 0.25) is 5.91 Å². The smallest absolute Gasteiger partial charge is 0.222 e. The number of carbonyl (C=O) groups is 1. The quantitative estimate of drug-likeness (QED) is 0.125. The fourth-order valence-corrected chi connectivity index (χ4v) is 6.28. The van der Waals surface area contributed by atoms with Crippen molar-refractivity contribution in [1.29, 1.82) is 0 Å². The lowest BCUT2D eigenvalue weighted by Crippen LogP contribution is -2.72. The first-order chi connectivity index (χ1) is 19.6. The Morgan fingerprint density at radius 3 is 1.84 bits per heavy atom. The van der Waals surface area contributed by atoms with Crippen LogP contribution in [-0.4, -0.2) is 96.2 Å². The maximum Gasteiger partial charge on any atom is 0.222 e. The summed E-state index contributed by atoms with van der Waals surface area (Å²) in [5, 5.41) is 22.4. The molecule has 13 heteroatoms. The Labute approximate surface area is 285 Å². The Bertz CT molecular complexity index is 732. The lowest BCUT2D eigenvalue weighted by molar-refractivity contribution is -0.267. The van der Waals surface area contributed by atoms with E-state index in [0.29, 0.717) is 19.3 Å². The monoisotopic (exact) mass is 694 g/mol. The number of carbonyl (C=O) groups excluding carboxylic acids is 1. The van der Waals surface area contributed by atoms with Crippen LogP contribution in [0.15, 0.2) is 0 Å². The van der Waals surface area contributed by atoms with E-state index in [1.165, 1.54) is 76.2 Å². The molecular formula is C31H65Cl3N4O6. The van der Waals surface area contributed by atoms with Crippen LogP contribution in [0.3, 0.4) is 0 Å². The SMILES string of the molecule is CCCCCCCCCCCCCCCC(=O)N(C)[C@H]1[C@@H](O)[C@H](O[C@H]2O[C@H]([C@H](C)N)CC[C@H]2N)[C@@H](N)[C@@H](O)[C@@H]1OC.Cl.Cl.Cl. The summed E-state index contributed by atoms with van der Waals surface area (Å²) in [5.41, 5.74) is 18.6. The van der Waals surface area contributed by atoms with Crippen LogP contribution in [0.1, 0.15) is 117 Å². The number of aliphatic hydroxyl groups is 2. The van der Waals surface area contributed by atoms with Crippen molar-refractivity contribution in [2.75, 3.05) is 14.2 Å². The molecule has 2 aliphatic rings. The van der Waals surface area contributed by atoms with Crippen LogP contribution in [0, 0.1) is 0 Å². The van der Waals surface area contributed by atoms with Crippen molar-refractivity contribution >= 4 is 43.1 Å². The number of ether oxygens (including phenoxy) is 3. The average Bonchev–Trinajstić information content (AvgIpc) is 2.95. The minimum absolute atomic E-state index is 0. The number of nitrogens with two attached hydrogens (primary N) is 3. The first kappa shape index (κ1) is 46.1. The number of hydrogen-bond donors (Lipinski definition) is 5. The number of rotatable bonds is 19. The topological polar surface area (TPSA) is 167 Å². The number of aliphatic hydroxyl groups excluding tert-OH is 2. The molecular weight excluding hydrogens is 631 g/mol. The molecule has 1 saturated carbocycles. The van der Waals surface area contributed by atoms with Gasteiger partial charge in [-0.05, 0) is 26.2 Å². The van der Waals surface area contributed by atoms with Crippen molar-refractivity contribution in [2.24, 2.45) is 17.2 Å². The largest absolute Gasteiger partial charge is 0.389 e. The summed E-state index contributed by atoms with van der Waals surface area (Å²) >= 11 is 0. The lowest BCUT2D eigenvalue weighted by Gasteiger charge is -2.50. The average molecular weight is 696 g/mol. The highest BCUT2D eigenvalue weighted by molar-refractivity contribution is 5.86. The molecule has 0 radical (unpaired) electrons. The maximum absolute atomic E-state index is 13.2. The molecule has 1 heterocycles. The Balaban J connectivity index is 0. The first-order valence-electron chi connectivity index (χ1n) is 16.4. The molecule has 0 bridgehead atoms. The van der Waals surface area contributed by atoms with Gasteiger partial charge < -0.3 is 46.5 Å². The Hall–Kier alpha value is 0.0200. The van der Waals surface area contributed by atoms with Gasteiger partial charge >= 0.3 is 0 Å². The number of amides is 1. The summed E-state index contributed by atoms with van der Waals surface area (Å²) in [5.74, 6) is -0.108. The molecule has 1 saturated heterocycles. The van der Waals surface area contributed by atoms with E-state index >= 15 is 0 Å². The zero-order valence-corrected chi connectivity index (χ0v) is 30.0. The predicted octanol–water partition coefficient (Wildman–Crippen LogP) is 4.20. The van der Waals surface area contributed by atoms with Crippen molar-refractivity contribution in [3.8, 4) is 0 Å². The fraction of sp³-hybridized carbons (Fsp3) is 0.968. The van der Waals surface area contributed by atoms with Gasteiger partial charge in [0.15, 0.2) is 6.29 Å². The Morgan fingerprint density at radius 2 is 1.36 bits per heavy atom. The molecule has 2 fully saturated rings. The van der Waals surface area contributed by atoms with Gasteiger partial charge in [-0.3, -0.25) is 4.79 Å². The normalized spacial score (nSPS) is 30.8. The molecule has 0 unspecified atom stereocenters. The number of hydrogen-bond acceptors (Lipinski definition) is 9. The van der Waals surface area contributed by atoms with Crippen LogP contribution in [-0.2, 0) is 19.0 Å². The molecule has 0 spiro atoms. The van der Waals surface area contributed by atoms with Gasteiger partial charge in [0.05, 0.1) is 30.3 Å². The molecule has 10 atom stereocenters. The van der Waals surface area contributed by atoms with Gasteiger partial charge in [0.1, 0.15) is 18.3 Å². The second-order valence-electron chi connectivity index (χ2n) is 12.5. The summed E-state index contributed by atoms with van der Waals surface area (Å²) < 4.78 is 17.7. The molecule has 0 aromatic carbocycles. The number of halogens is 3. The Morgan fingerprint density at radius 1 is 0.864 bits per heavy atom. The number of methoxy groups -OCH3 is 1. The van der Waals surface area contributed by atoms with Gasteiger partial charge in [0, 0.05) is 26.6 Å². The van der Waals surface area contributed by atoms with Crippen LogP contribution in [0.5, 0.6) is 0 Å². The Kier molecular flexibility index (Phi) is 26.3. The van der Waals surface area contributed by atoms with Gasteiger partial charge in [-0.25, -0.2) is 0 Å².